The Morgan fingerprint density at radius 2 is 2.26 bits per heavy atom. The number of amides is 1. The first kappa shape index (κ1) is 15.3. The van der Waals surface area contributed by atoms with E-state index in [0.29, 0.717) is 18.3 Å². The van der Waals surface area contributed by atoms with Gasteiger partial charge < -0.3 is 15.0 Å². The summed E-state index contributed by atoms with van der Waals surface area (Å²) in [5.74, 6) is 1.84. The van der Waals surface area contributed by atoms with Crippen LogP contribution in [0.4, 0.5) is 11.6 Å². The molecule has 1 aliphatic heterocycles. The number of nitrogens with zero attached hydrogens (tertiary/aromatic N) is 5. The van der Waals surface area contributed by atoms with Crippen LogP contribution in [0, 0.1) is 0 Å². The maximum Gasteiger partial charge on any atom is 0.233 e. The predicted octanol–water partition coefficient (Wildman–Crippen LogP) is 1.48. The molecule has 1 fully saturated rings. The molecule has 3 heterocycles. The molecule has 1 aliphatic rings. The Hall–Kier alpha value is -2.64. The number of ether oxygens (including phenoxy) is 1. The van der Waals surface area contributed by atoms with Crippen LogP contribution in [0.15, 0.2) is 24.4 Å². The van der Waals surface area contributed by atoms with E-state index in [1.54, 1.807) is 6.07 Å². The number of rotatable bonds is 5. The number of anilines is 2. The average molecular weight is 316 g/mol. The van der Waals surface area contributed by atoms with Crippen LogP contribution in [0.3, 0.4) is 0 Å². The van der Waals surface area contributed by atoms with Gasteiger partial charge >= 0.3 is 0 Å². The van der Waals surface area contributed by atoms with Crippen molar-refractivity contribution in [3.63, 3.8) is 0 Å². The van der Waals surface area contributed by atoms with Gasteiger partial charge in [0.15, 0.2) is 11.6 Å². The van der Waals surface area contributed by atoms with E-state index in [-0.39, 0.29) is 11.9 Å². The Labute approximate surface area is 134 Å². The van der Waals surface area contributed by atoms with Gasteiger partial charge in [0.2, 0.25) is 11.8 Å². The second-order valence-corrected chi connectivity index (χ2v) is 5.41. The SMILES string of the molecule is CCOc1ccc(N2CCC(n3ccc(NC(C)=O)n3)C2)nn1. The van der Waals surface area contributed by atoms with E-state index in [1.165, 1.54) is 6.92 Å². The molecule has 0 spiro atoms. The van der Waals surface area contributed by atoms with Crippen molar-refractivity contribution >= 4 is 17.5 Å². The molecule has 0 aromatic carbocycles. The van der Waals surface area contributed by atoms with Gasteiger partial charge in [-0.15, -0.1) is 10.2 Å². The van der Waals surface area contributed by atoms with Gasteiger partial charge in [0.05, 0.1) is 12.6 Å². The smallest absolute Gasteiger partial charge is 0.233 e. The fourth-order valence-electron chi connectivity index (χ4n) is 2.66. The molecule has 1 unspecified atom stereocenters. The maximum atomic E-state index is 11.1. The number of carbonyl (C=O) groups excluding carboxylic acids is 1. The van der Waals surface area contributed by atoms with Gasteiger partial charge in [0.1, 0.15) is 0 Å². The quantitative estimate of drug-likeness (QED) is 0.899. The minimum absolute atomic E-state index is 0.118. The number of aromatic nitrogens is 4. The molecule has 122 valence electrons. The molecule has 0 bridgehead atoms. The van der Waals surface area contributed by atoms with E-state index in [4.69, 9.17) is 4.74 Å². The van der Waals surface area contributed by atoms with E-state index in [9.17, 15) is 4.79 Å². The molecule has 8 nitrogen and oxygen atoms in total. The fourth-order valence-corrected chi connectivity index (χ4v) is 2.66. The van der Waals surface area contributed by atoms with E-state index in [2.05, 4.69) is 25.5 Å². The number of carbonyl (C=O) groups is 1. The van der Waals surface area contributed by atoms with Crippen molar-refractivity contribution in [3.05, 3.63) is 24.4 Å². The second-order valence-electron chi connectivity index (χ2n) is 5.41. The van der Waals surface area contributed by atoms with Gasteiger partial charge in [-0.2, -0.15) is 5.10 Å². The monoisotopic (exact) mass is 316 g/mol. The highest BCUT2D eigenvalue weighted by atomic mass is 16.5. The van der Waals surface area contributed by atoms with Crippen LogP contribution in [0.2, 0.25) is 0 Å². The van der Waals surface area contributed by atoms with Gasteiger partial charge in [-0.3, -0.25) is 9.48 Å². The van der Waals surface area contributed by atoms with Crippen LogP contribution < -0.4 is 15.0 Å². The summed E-state index contributed by atoms with van der Waals surface area (Å²) in [5.41, 5.74) is 0. The Kier molecular flexibility index (Phi) is 4.40. The lowest BCUT2D eigenvalue weighted by atomic mass is 10.3. The van der Waals surface area contributed by atoms with Crippen molar-refractivity contribution in [1.29, 1.82) is 0 Å². The molecule has 1 atom stereocenters. The van der Waals surface area contributed by atoms with Crippen LogP contribution in [0.1, 0.15) is 26.3 Å². The van der Waals surface area contributed by atoms with Crippen molar-refractivity contribution in [2.24, 2.45) is 0 Å². The number of hydrogen-bond acceptors (Lipinski definition) is 6. The van der Waals surface area contributed by atoms with Crippen molar-refractivity contribution < 1.29 is 9.53 Å². The third-order valence-corrected chi connectivity index (χ3v) is 3.69. The van der Waals surface area contributed by atoms with Crippen LogP contribution in [-0.2, 0) is 4.79 Å². The van der Waals surface area contributed by atoms with E-state index >= 15 is 0 Å². The summed E-state index contributed by atoms with van der Waals surface area (Å²) < 4.78 is 7.20. The fraction of sp³-hybridized carbons (Fsp3) is 0.467. The van der Waals surface area contributed by atoms with Gasteiger partial charge in [-0.25, -0.2) is 0 Å². The molecule has 8 heteroatoms. The molecular formula is C15H20N6O2. The summed E-state index contributed by atoms with van der Waals surface area (Å²) in [7, 11) is 0. The second kappa shape index (κ2) is 6.64. The third-order valence-electron chi connectivity index (χ3n) is 3.69. The van der Waals surface area contributed by atoms with Crippen LogP contribution >= 0.6 is 0 Å². The summed E-state index contributed by atoms with van der Waals surface area (Å²) in [5, 5.41) is 15.4. The first-order valence-corrected chi connectivity index (χ1v) is 7.70. The standard InChI is InChI=1S/C15H20N6O2/c1-3-23-15-5-4-14(17-18-15)20-8-6-12(10-20)21-9-7-13(19-21)16-11(2)22/h4-5,7,9,12H,3,6,8,10H2,1-2H3,(H,16,19,22). The zero-order chi connectivity index (χ0) is 16.2. The molecule has 1 saturated heterocycles. The first-order valence-electron chi connectivity index (χ1n) is 7.70. The Morgan fingerprint density at radius 3 is 2.96 bits per heavy atom. The topological polar surface area (TPSA) is 85.2 Å². The molecule has 2 aromatic rings. The molecular weight excluding hydrogens is 296 g/mol. The van der Waals surface area contributed by atoms with E-state index in [0.717, 1.165) is 25.3 Å². The highest BCUT2D eigenvalue weighted by Crippen LogP contribution is 2.26. The highest BCUT2D eigenvalue weighted by Gasteiger charge is 2.25. The van der Waals surface area contributed by atoms with E-state index < -0.39 is 0 Å². The minimum Gasteiger partial charge on any atom is -0.477 e. The van der Waals surface area contributed by atoms with Crippen molar-refractivity contribution in [2.45, 2.75) is 26.3 Å². The van der Waals surface area contributed by atoms with Gasteiger partial charge in [-0.05, 0) is 19.4 Å². The van der Waals surface area contributed by atoms with Crippen LogP contribution in [-0.4, -0.2) is 45.6 Å². The lowest BCUT2D eigenvalue weighted by Gasteiger charge is -2.17. The van der Waals surface area contributed by atoms with E-state index in [1.807, 2.05) is 29.9 Å². The average Bonchev–Trinajstić information content (AvgIpc) is 3.17. The minimum atomic E-state index is -0.118. The largest absolute Gasteiger partial charge is 0.477 e. The first-order chi connectivity index (χ1) is 11.2. The lowest BCUT2D eigenvalue weighted by molar-refractivity contribution is -0.114. The molecule has 23 heavy (non-hydrogen) atoms. The molecule has 2 aromatic heterocycles. The summed E-state index contributed by atoms with van der Waals surface area (Å²) >= 11 is 0. The number of hydrogen-bond donors (Lipinski definition) is 1. The van der Waals surface area contributed by atoms with Gasteiger partial charge in [0, 0.05) is 38.3 Å². The van der Waals surface area contributed by atoms with Crippen molar-refractivity contribution in [2.75, 3.05) is 29.9 Å². The molecule has 0 radical (unpaired) electrons. The number of nitrogens with one attached hydrogen (secondary N) is 1. The maximum absolute atomic E-state index is 11.1. The summed E-state index contributed by atoms with van der Waals surface area (Å²) in [6, 6.07) is 5.82. The normalized spacial score (nSPS) is 17.3. The van der Waals surface area contributed by atoms with Crippen LogP contribution in [0.25, 0.3) is 0 Å². The predicted molar refractivity (Wildman–Crippen MR) is 85.6 cm³/mol. The Morgan fingerprint density at radius 1 is 1.39 bits per heavy atom. The van der Waals surface area contributed by atoms with Gasteiger partial charge in [0.25, 0.3) is 0 Å². The zero-order valence-corrected chi connectivity index (χ0v) is 13.3. The van der Waals surface area contributed by atoms with Crippen molar-refractivity contribution in [3.8, 4) is 5.88 Å². The molecule has 0 saturated carbocycles. The zero-order valence-electron chi connectivity index (χ0n) is 13.3. The Bertz CT molecular complexity index is 669. The summed E-state index contributed by atoms with van der Waals surface area (Å²) in [6.45, 7) is 5.67. The third kappa shape index (κ3) is 3.58. The van der Waals surface area contributed by atoms with Crippen LogP contribution in [0.5, 0.6) is 5.88 Å². The summed E-state index contributed by atoms with van der Waals surface area (Å²) in [4.78, 5) is 13.2. The molecule has 1 N–H and O–H groups in total. The lowest BCUT2D eigenvalue weighted by Crippen LogP contribution is -2.22. The summed E-state index contributed by atoms with van der Waals surface area (Å²) in [6.07, 6.45) is 2.86. The highest BCUT2D eigenvalue weighted by molar-refractivity contribution is 5.87. The molecule has 0 aliphatic carbocycles. The van der Waals surface area contributed by atoms with Gasteiger partial charge in [-0.1, -0.05) is 0 Å². The van der Waals surface area contributed by atoms with Crippen molar-refractivity contribution in [1.82, 2.24) is 20.0 Å². The molecule has 3 rings (SSSR count). The molecule has 1 amide bonds. The Balaban J connectivity index is 1.63.